The van der Waals surface area contributed by atoms with Crippen molar-refractivity contribution in [1.82, 2.24) is 0 Å². The molecule has 108 valence electrons. The number of non-ortho nitro benzene ring substituents is 1. The third kappa shape index (κ3) is 3.51. The van der Waals surface area contributed by atoms with Gasteiger partial charge in [-0.15, -0.1) is 0 Å². The van der Waals surface area contributed by atoms with Gasteiger partial charge in [0.2, 0.25) is 0 Å². The number of nitro benzene ring substituents is 1. The minimum atomic E-state index is -0.561. The van der Waals surface area contributed by atoms with Crippen molar-refractivity contribution < 1.29 is 9.72 Å². The second-order valence-electron chi connectivity index (χ2n) is 4.34. The van der Waals surface area contributed by atoms with Crippen LogP contribution in [0, 0.1) is 17.0 Å². The van der Waals surface area contributed by atoms with E-state index in [-0.39, 0.29) is 16.4 Å². The second-order valence-corrected chi connectivity index (χ2v) is 5.15. The van der Waals surface area contributed by atoms with E-state index < -0.39 is 10.8 Å². The number of nitrogens with one attached hydrogen (secondary N) is 1. The Hall–Kier alpha value is -2.11. The smallest absolute Gasteiger partial charge is 0.271 e. The van der Waals surface area contributed by atoms with Crippen LogP contribution in [0.25, 0.3) is 0 Å². The number of nitro groups is 1. The molecule has 0 fully saturated rings. The van der Waals surface area contributed by atoms with Crippen molar-refractivity contribution in [2.45, 2.75) is 6.92 Å². The van der Waals surface area contributed by atoms with Crippen LogP contribution in [0.4, 0.5) is 11.4 Å². The lowest BCUT2D eigenvalue weighted by atomic mass is 10.1. The first-order valence-corrected chi connectivity index (χ1v) is 6.65. The molecule has 21 heavy (non-hydrogen) atoms. The number of hydrogen-bond donors (Lipinski definition) is 1. The van der Waals surface area contributed by atoms with Gasteiger partial charge in [0, 0.05) is 22.7 Å². The maximum absolute atomic E-state index is 12.1. The molecule has 0 heterocycles. The second kappa shape index (κ2) is 6.11. The Morgan fingerprint density at radius 1 is 1.14 bits per heavy atom. The SMILES string of the molecule is Cc1ccc(C(=O)Nc2cc([N+](=O)[O-])ccc2Cl)cc1Cl. The monoisotopic (exact) mass is 324 g/mol. The summed E-state index contributed by atoms with van der Waals surface area (Å²) in [4.78, 5) is 22.3. The van der Waals surface area contributed by atoms with Gasteiger partial charge in [-0.2, -0.15) is 0 Å². The van der Waals surface area contributed by atoms with Crippen molar-refractivity contribution in [1.29, 1.82) is 0 Å². The highest BCUT2D eigenvalue weighted by atomic mass is 35.5. The van der Waals surface area contributed by atoms with Gasteiger partial charge in [0.15, 0.2) is 0 Å². The number of amides is 1. The first-order valence-electron chi connectivity index (χ1n) is 5.90. The summed E-state index contributed by atoms with van der Waals surface area (Å²) in [6.07, 6.45) is 0. The molecule has 1 amide bonds. The van der Waals surface area contributed by atoms with Gasteiger partial charge >= 0.3 is 0 Å². The minimum absolute atomic E-state index is 0.156. The summed E-state index contributed by atoms with van der Waals surface area (Å²) in [6, 6.07) is 8.68. The maximum atomic E-state index is 12.1. The number of halogens is 2. The quantitative estimate of drug-likeness (QED) is 0.669. The third-order valence-electron chi connectivity index (χ3n) is 2.84. The Labute approximate surface area is 130 Å². The van der Waals surface area contributed by atoms with Gasteiger partial charge in [0.25, 0.3) is 11.6 Å². The van der Waals surface area contributed by atoms with Crippen molar-refractivity contribution in [3.05, 3.63) is 67.7 Å². The topological polar surface area (TPSA) is 72.2 Å². The largest absolute Gasteiger partial charge is 0.320 e. The van der Waals surface area contributed by atoms with Gasteiger partial charge in [0.1, 0.15) is 0 Å². The predicted octanol–water partition coefficient (Wildman–Crippen LogP) is 4.46. The van der Waals surface area contributed by atoms with E-state index in [0.717, 1.165) is 5.56 Å². The molecule has 2 aromatic rings. The summed E-state index contributed by atoms with van der Waals surface area (Å²) < 4.78 is 0. The van der Waals surface area contributed by atoms with E-state index in [1.165, 1.54) is 24.3 Å². The summed E-state index contributed by atoms with van der Waals surface area (Å²) in [5.41, 5.74) is 1.21. The number of carbonyl (C=O) groups is 1. The van der Waals surface area contributed by atoms with E-state index in [0.29, 0.717) is 10.6 Å². The molecule has 2 rings (SSSR count). The van der Waals surface area contributed by atoms with Gasteiger partial charge < -0.3 is 5.32 Å². The number of benzene rings is 2. The average Bonchev–Trinajstić information content (AvgIpc) is 2.43. The molecule has 0 atom stereocenters. The van der Waals surface area contributed by atoms with Crippen LogP contribution in [0.1, 0.15) is 15.9 Å². The average molecular weight is 325 g/mol. The number of anilines is 1. The van der Waals surface area contributed by atoms with E-state index in [1.54, 1.807) is 12.1 Å². The summed E-state index contributed by atoms with van der Waals surface area (Å²) >= 11 is 11.9. The molecular formula is C14H10Cl2N2O3. The molecule has 0 aromatic heterocycles. The van der Waals surface area contributed by atoms with Crippen LogP contribution in [-0.2, 0) is 0 Å². The number of rotatable bonds is 3. The van der Waals surface area contributed by atoms with Crippen molar-refractivity contribution in [3.63, 3.8) is 0 Å². The van der Waals surface area contributed by atoms with Gasteiger partial charge in [-0.25, -0.2) is 0 Å². The van der Waals surface area contributed by atoms with E-state index in [4.69, 9.17) is 23.2 Å². The van der Waals surface area contributed by atoms with E-state index in [2.05, 4.69) is 5.32 Å². The first-order chi connectivity index (χ1) is 9.88. The Bertz CT molecular complexity index is 732. The van der Waals surface area contributed by atoms with Gasteiger partial charge in [-0.1, -0.05) is 29.3 Å². The third-order valence-corrected chi connectivity index (χ3v) is 3.58. The van der Waals surface area contributed by atoms with Crippen LogP contribution < -0.4 is 5.32 Å². The zero-order valence-corrected chi connectivity index (χ0v) is 12.4. The van der Waals surface area contributed by atoms with Crippen LogP contribution in [-0.4, -0.2) is 10.8 Å². The molecule has 2 aromatic carbocycles. The van der Waals surface area contributed by atoms with Gasteiger partial charge in [-0.05, 0) is 30.7 Å². The molecule has 0 saturated heterocycles. The van der Waals surface area contributed by atoms with E-state index in [9.17, 15) is 14.9 Å². The lowest BCUT2D eigenvalue weighted by Gasteiger charge is -2.08. The minimum Gasteiger partial charge on any atom is -0.320 e. The standard InChI is InChI=1S/C14H10Cl2N2O3/c1-8-2-3-9(6-12(8)16)14(19)17-13-7-10(18(20)21)4-5-11(13)15/h2-7H,1H3,(H,17,19). The Balaban J connectivity index is 2.28. The molecule has 0 aliphatic rings. The number of hydrogen-bond acceptors (Lipinski definition) is 3. The molecule has 0 aliphatic carbocycles. The maximum Gasteiger partial charge on any atom is 0.271 e. The molecular weight excluding hydrogens is 315 g/mol. The fourth-order valence-corrected chi connectivity index (χ4v) is 2.00. The van der Waals surface area contributed by atoms with Crippen LogP contribution in [0.2, 0.25) is 10.0 Å². The van der Waals surface area contributed by atoms with Gasteiger partial charge in [-0.3, -0.25) is 14.9 Å². The van der Waals surface area contributed by atoms with Crippen molar-refractivity contribution in [2.75, 3.05) is 5.32 Å². The molecule has 0 spiro atoms. The van der Waals surface area contributed by atoms with Crippen LogP contribution in [0.3, 0.4) is 0 Å². The van der Waals surface area contributed by atoms with Gasteiger partial charge in [0.05, 0.1) is 15.6 Å². The molecule has 0 saturated carbocycles. The van der Waals surface area contributed by atoms with Crippen molar-refractivity contribution in [2.24, 2.45) is 0 Å². The van der Waals surface area contributed by atoms with E-state index in [1.807, 2.05) is 6.92 Å². The zero-order chi connectivity index (χ0) is 15.6. The number of nitrogens with zero attached hydrogens (tertiary/aromatic N) is 1. The molecule has 0 aliphatic heterocycles. The zero-order valence-electron chi connectivity index (χ0n) is 10.9. The normalized spacial score (nSPS) is 10.2. The number of aryl methyl sites for hydroxylation is 1. The van der Waals surface area contributed by atoms with Crippen molar-refractivity contribution in [3.8, 4) is 0 Å². The highest BCUT2D eigenvalue weighted by Crippen LogP contribution is 2.27. The van der Waals surface area contributed by atoms with Crippen molar-refractivity contribution >= 4 is 40.5 Å². The van der Waals surface area contributed by atoms with Crippen LogP contribution >= 0.6 is 23.2 Å². The Morgan fingerprint density at radius 3 is 2.48 bits per heavy atom. The molecule has 0 bridgehead atoms. The first kappa shape index (κ1) is 15.3. The summed E-state index contributed by atoms with van der Waals surface area (Å²) in [7, 11) is 0. The summed E-state index contributed by atoms with van der Waals surface area (Å²) in [6.45, 7) is 1.82. The highest BCUT2D eigenvalue weighted by Gasteiger charge is 2.13. The fourth-order valence-electron chi connectivity index (χ4n) is 1.65. The summed E-state index contributed by atoms with van der Waals surface area (Å²) in [5.74, 6) is -0.445. The Morgan fingerprint density at radius 2 is 1.86 bits per heavy atom. The molecule has 0 radical (unpaired) electrons. The molecule has 0 unspecified atom stereocenters. The summed E-state index contributed by atoms with van der Waals surface area (Å²) in [5, 5.41) is 13.9. The lowest BCUT2D eigenvalue weighted by Crippen LogP contribution is -2.12. The van der Waals surface area contributed by atoms with E-state index >= 15 is 0 Å². The fraction of sp³-hybridized carbons (Fsp3) is 0.0714. The number of carbonyl (C=O) groups excluding carboxylic acids is 1. The van der Waals surface area contributed by atoms with Crippen LogP contribution in [0.5, 0.6) is 0 Å². The lowest BCUT2D eigenvalue weighted by molar-refractivity contribution is -0.384. The highest BCUT2D eigenvalue weighted by molar-refractivity contribution is 6.34. The predicted molar refractivity (Wildman–Crippen MR) is 82.2 cm³/mol. The molecule has 5 nitrogen and oxygen atoms in total. The molecule has 7 heteroatoms. The molecule has 1 N–H and O–H groups in total. The Kier molecular flexibility index (Phi) is 4.45. The van der Waals surface area contributed by atoms with Crippen LogP contribution in [0.15, 0.2) is 36.4 Å².